The Labute approximate surface area is 83.8 Å². The van der Waals surface area contributed by atoms with E-state index in [1.807, 2.05) is 31.2 Å². The molecule has 0 aromatic heterocycles. The number of benzene rings is 1. The van der Waals surface area contributed by atoms with E-state index in [2.05, 4.69) is 0 Å². The highest BCUT2D eigenvalue weighted by Crippen LogP contribution is 2.30. The molecule has 0 bridgehead atoms. The lowest BCUT2D eigenvalue weighted by Crippen LogP contribution is -2.22. The van der Waals surface area contributed by atoms with E-state index in [4.69, 9.17) is 15.2 Å². The summed E-state index contributed by atoms with van der Waals surface area (Å²) in [6.07, 6.45) is 0. The third kappa shape index (κ3) is 1.66. The highest BCUT2D eigenvalue weighted by atomic mass is 16.7. The second-order valence-electron chi connectivity index (χ2n) is 3.54. The van der Waals surface area contributed by atoms with Gasteiger partial charge in [-0.2, -0.15) is 0 Å². The van der Waals surface area contributed by atoms with Gasteiger partial charge in [0.25, 0.3) is 0 Å². The molecule has 0 amide bonds. The van der Waals surface area contributed by atoms with Gasteiger partial charge in [-0.3, -0.25) is 0 Å². The predicted molar refractivity (Wildman–Crippen MR) is 53.6 cm³/mol. The maximum atomic E-state index is 5.55. The lowest BCUT2D eigenvalue weighted by atomic mass is 10.1. The number of ether oxygens (including phenoxy) is 2. The summed E-state index contributed by atoms with van der Waals surface area (Å²) in [5.41, 5.74) is 7.69. The van der Waals surface area contributed by atoms with Gasteiger partial charge in [-0.15, -0.1) is 0 Å². The zero-order chi connectivity index (χ0) is 10.0. The van der Waals surface area contributed by atoms with Gasteiger partial charge in [0.2, 0.25) is 0 Å². The van der Waals surface area contributed by atoms with Crippen molar-refractivity contribution in [2.75, 3.05) is 13.2 Å². The summed E-state index contributed by atoms with van der Waals surface area (Å²) in [5.74, 6) is -0.562. The first-order valence-electron chi connectivity index (χ1n) is 4.82. The van der Waals surface area contributed by atoms with Crippen molar-refractivity contribution in [2.24, 2.45) is 5.73 Å². The Morgan fingerprint density at radius 2 is 1.79 bits per heavy atom. The highest BCUT2D eigenvalue weighted by molar-refractivity contribution is 5.25. The lowest BCUT2D eigenvalue weighted by molar-refractivity contribution is -0.149. The second-order valence-corrected chi connectivity index (χ2v) is 3.54. The van der Waals surface area contributed by atoms with Crippen molar-refractivity contribution in [1.29, 1.82) is 0 Å². The predicted octanol–water partition coefficient (Wildman–Crippen LogP) is 1.36. The summed E-state index contributed by atoms with van der Waals surface area (Å²) in [5, 5.41) is 0. The van der Waals surface area contributed by atoms with Crippen LogP contribution in [0.2, 0.25) is 0 Å². The van der Waals surface area contributed by atoms with Crippen molar-refractivity contribution in [2.45, 2.75) is 19.3 Å². The average Bonchev–Trinajstić information content (AvgIpc) is 2.67. The van der Waals surface area contributed by atoms with Gasteiger partial charge in [0.1, 0.15) is 0 Å². The molecule has 76 valence electrons. The molecular formula is C11H15NO2. The van der Waals surface area contributed by atoms with E-state index in [9.17, 15) is 0 Å². The minimum absolute atomic E-state index is 0.562. The standard InChI is InChI=1S/C11H15NO2/c1-11(13-6-7-14-11)10-4-2-9(8-12)3-5-10/h2-5H,6-8,12H2,1H3. The number of hydrogen-bond donors (Lipinski definition) is 1. The van der Waals surface area contributed by atoms with E-state index in [0.29, 0.717) is 19.8 Å². The molecule has 1 saturated heterocycles. The Balaban J connectivity index is 2.23. The van der Waals surface area contributed by atoms with E-state index in [-0.39, 0.29) is 0 Å². The van der Waals surface area contributed by atoms with E-state index < -0.39 is 5.79 Å². The molecule has 14 heavy (non-hydrogen) atoms. The quantitative estimate of drug-likeness (QED) is 0.771. The molecule has 0 saturated carbocycles. The van der Waals surface area contributed by atoms with Gasteiger partial charge in [-0.25, -0.2) is 0 Å². The summed E-state index contributed by atoms with van der Waals surface area (Å²) in [6.45, 7) is 3.83. The second kappa shape index (κ2) is 3.69. The van der Waals surface area contributed by atoms with Gasteiger partial charge < -0.3 is 15.2 Å². The summed E-state index contributed by atoms with van der Waals surface area (Å²) in [7, 11) is 0. The van der Waals surface area contributed by atoms with Gasteiger partial charge in [-0.05, 0) is 12.5 Å². The molecule has 0 radical (unpaired) electrons. The Morgan fingerprint density at radius 3 is 2.29 bits per heavy atom. The van der Waals surface area contributed by atoms with Crippen LogP contribution in [-0.4, -0.2) is 13.2 Å². The summed E-state index contributed by atoms with van der Waals surface area (Å²) < 4.78 is 11.1. The van der Waals surface area contributed by atoms with Crippen molar-refractivity contribution < 1.29 is 9.47 Å². The molecule has 0 aliphatic carbocycles. The number of nitrogens with two attached hydrogens (primary N) is 1. The molecule has 0 unspecified atom stereocenters. The van der Waals surface area contributed by atoms with Crippen LogP contribution in [0.3, 0.4) is 0 Å². The Bertz CT molecular complexity index is 302. The zero-order valence-electron chi connectivity index (χ0n) is 8.32. The van der Waals surface area contributed by atoms with Crippen LogP contribution in [0.25, 0.3) is 0 Å². The van der Waals surface area contributed by atoms with E-state index in [1.54, 1.807) is 0 Å². The normalized spacial score (nSPS) is 19.9. The molecule has 3 heteroatoms. The van der Waals surface area contributed by atoms with Gasteiger partial charge >= 0.3 is 0 Å². The molecule has 1 aliphatic rings. The maximum Gasteiger partial charge on any atom is 0.192 e. The van der Waals surface area contributed by atoms with Crippen LogP contribution in [0.4, 0.5) is 0 Å². The molecule has 0 spiro atoms. The molecule has 1 fully saturated rings. The first kappa shape index (κ1) is 9.65. The van der Waals surface area contributed by atoms with Crippen LogP contribution in [0.15, 0.2) is 24.3 Å². The fourth-order valence-electron chi connectivity index (χ4n) is 1.62. The Hall–Kier alpha value is -0.900. The summed E-state index contributed by atoms with van der Waals surface area (Å²) in [4.78, 5) is 0. The highest BCUT2D eigenvalue weighted by Gasteiger charge is 2.32. The monoisotopic (exact) mass is 193 g/mol. The summed E-state index contributed by atoms with van der Waals surface area (Å²) in [6, 6.07) is 8.03. The van der Waals surface area contributed by atoms with Crippen molar-refractivity contribution in [3.63, 3.8) is 0 Å². The third-order valence-corrected chi connectivity index (χ3v) is 2.55. The fourth-order valence-corrected chi connectivity index (χ4v) is 1.62. The summed E-state index contributed by atoms with van der Waals surface area (Å²) >= 11 is 0. The molecule has 2 N–H and O–H groups in total. The molecule has 1 aromatic carbocycles. The molecule has 2 rings (SSSR count). The Morgan fingerprint density at radius 1 is 1.21 bits per heavy atom. The number of hydrogen-bond acceptors (Lipinski definition) is 3. The van der Waals surface area contributed by atoms with E-state index in [1.165, 1.54) is 0 Å². The van der Waals surface area contributed by atoms with Crippen LogP contribution in [0, 0.1) is 0 Å². The van der Waals surface area contributed by atoms with Gasteiger partial charge in [0.15, 0.2) is 5.79 Å². The molecular weight excluding hydrogens is 178 g/mol. The van der Waals surface area contributed by atoms with Crippen molar-refractivity contribution in [3.8, 4) is 0 Å². The van der Waals surface area contributed by atoms with Crippen molar-refractivity contribution in [1.82, 2.24) is 0 Å². The topological polar surface area (TPSA) is 44.5 Å². The van der Waals surface area contributed by atoms with Crippen molar-refractivity contribution in [3.05, 3.63) is 35.4 Å². The zero-order valence-corrected chi connectivity index (χ0v) is 8.32. The molecule has 0 atom stereocenters. The van der Waals surface area contributed by atoms with Crippen LogP contribution >= 0.6 is 0 Å². The van der Waals surface area contributed by atoms with Crippen LogP contribution < -0.4 is 5.73 Å². The minimum Gasteiger partial charge on any atom is -0.344 e. The largest absolute Gasteiger partial charge is 0.344 e. The third-order valence-electron chi connectivity index (χ3n) is 2.55. The first-order chi connectivity index (χ1) is 6.74. The van der Waals surface area contributed by atoms with Crippen molar-refractivity contribution >= 4 is 0 Å². The van der Waals surface area contributed by atoms with Gasteiger partial charge in [0, 0.05) is 12.1 Å². The van der Waals surface area contributed by atoms with Gasteiger partial charge in [0.05, 0.1) is 13.2 Å². The SMILES string of the molecule is CC1(c2ccc(CN)cc2)OCCO1. The molecule has 3 nitrogen and oxygen atoms in total. The van der Waals surface area contributed by atoms with E-state index in [0.717, 1.165) is 11.1 Å². The van der Waals surface area contributed by atoms with Crippen LogP contribution in [0.5, 0.6) is 0 Å². The molecule has 1 aromatic rings. The lowest BCUT2D eigenvalue weighted by Gasteiger charge is -2.22. The molecule has 1 heterocycles. The maximum absolute atomic E-state index is 5.55. The van der Waals surface area contributed by atoms with E-state index >= 15 is 0 Å². The van der Waals surface area contributed by atoms with Gasteiger partial charge in [-0.1, -0.05) is 24.3 Å². The van der Waals surface area contributed by atoms with Crippen LogP contribution in [0.1, 0.15) is 18.1 Å². The molecule has 1 aliphatic heterocycles. The smallest absolute Gasteiger partial charge is 0.192 e. The Kier molecular flexibility index (Phi) is 2.54. The van der Waals surface area contributed by atoms with Crippen LogP contribution in [-0.2, 0) is 21.8 Å². The minimum atomic E-state index is -0.562. The number of rotatable bonds is 2. The fraction of sp³-hybridized carbons (Fsp3) is 0.455. The first-order valence-corrected chi connectivity index (χ1v) is 4.82. The average molecular weight is 193 g/mol.